The molecule has 3 heterocycles. The van der Waals surface area contributed by atoms with Crippen LogP contribution in [0.2, 0.25) is 5.02 Å². The van der Waals surface area contributed by atoms with E-state index < -0.39 is 0 Å². The van der Waals surface area contributed by atoms with Gasteiger partial charge >= 0.3 is 0 Å². The number of anilines is 1. The summed E-state index contributed by atoms with van der Waals surface area (Å²) in [7, 11) is 0. The van der Waals surface area contributed by atoms with E-state index in [0.29, 0.717) is 29.3 Å². The lowest BCUT2D eigenvalue weighted by Crippen LogP contribution is -2.35. The first-order chi connectivity index (χ1) is 11.1. The molecule has 1 aliphatic heterocycles. The van der Waals surface area contributed by atoms with Gasteiger partial charge in [0.1, 0.15) is 10.8 Å². The minimum atomic E-state index is 0.383. The highest BCUT2D eigenvalue weighted by Crippen LogP contribution is 2.27. The third kappa shape index (κ3) is 4.12. The average Bonchev–Trinajstić information content (AvgIpc) is 3.05. The van der Waals surface area contributed by atoms with Crippen LogP contribution >= 0.6 is 23.1 Å². The van der Waals surface area contributed by atoms with Gasteiger partial charge in [0.05, 0.1) is 6.61 Å². The van der Waals surface area contributed by atoms with Crippen molar-refractivity contribution in [1.82, 2.24) is 14.3 Å². The molecule has 1 aliphatic rings. The van der Waals surface area contributed by atoms with Crippen molar-refractivity contribution in [3.05, 3.63) is 29.2 Å². The van der Waals surface area contributed by atoms with Crippen molar-refractivity contribution in [2.24, 2.45) is 5.92 Å². The van der Waals surface area contributed by atoms with Crippen LogP contribution in [0.1, 0.15) is 38.4 Å². The highest BCUT2D eigenvalue weighted by Gasteiger charge is 2.23. The molecule has 124 valence electrons. The van der Waals surface area contributed by atoms with Crippen molar-refractivity contribution >= 4 is 28.3 Å². The third-order valence-corrected chi connectivity index (χ3v) is 5.09. The van der Waals surface area contributed by atoms with Gasteiger partial charge in [-0.15, -0.1) is 0 Å². The summed E-state index contributed by atoms with van der Waals surface area (Å²) in [4.78, 5) is 11.1. The monoisotopic (exact) mass is 352 g/mol. The first kappa shape index (κ1) is 16.5. The Hall–Kier alpha value is -1.40. The molecular formula is C16H21ClN4OS. The number of pyridine rings is 1. The molecule has 0 saturated carbocycles. The van der Waals surface area contributed by atoms with Crippen LogP contribution in [0.3, 0.4) is 0 Å². The maximum Gasteiger partial charge on any atom is 0.232 e. The van der Waals surface area contributed by atoms with E-state index in [-0.39, 0.29) is 0 Å². The van der Waals surface area contributed by atoms with Crippen LogP contribution in [0.4, 0.5) is 5.13 Å². The van der Waals surface area contributed by atoms with Gasteiger partial charge in [-0.2, -0.15) is 4.37 Å². The van der Waals surface area contributed by atoms with Crippen molar-refractivity contribution in [2.75, 3.05) is 24.6 Å². The standard InChI is InChI=1S/C16H21ClN4OS/c1-11(2)14-19-16(23-20-14)21-8-5-12(6-9-21)10-22-15-13(17)4-3-7-18-15/h3-4,7,11-12H,5-6,8-10H2,1-2H3. The number of hydrogen-bond acceptors (Lipinski definition) is 6. The van der Waals surface area contributed by atoms with Crippen molar-refractivity contribution in [2.45, 2.75) is 32.6 Å². The summed E-state index contributed by atoms with van der Waals surface area (Å²) in [6.07, 6.45) is 3.87. The fourth-order valence-corrected chi connectivity index (χ4v) is 3.59. The lowest BCUT2D eigenvalue weighted by Gasteiger charge is -2.31. The third-order valence-electron chi connectivity index (χ3n) is 4.01. The van der Waals surface area contributed by atoms with Crippen molar-refractivity contribution < 1.29 is 4.74 Å². The van der Waals surface area contributed by atoms with E-state index >= 15 is 0 Å². The van der Waals surface area contributed by atoms with Crippen LogP contribution in [0, 0.1) is 5.92 Å². The number of nitrogens with zero attached hydrogens (tertiary/aromatic N) is 4. The van der Waals surface area contributed by atoms with E-state index in [0.717, 1.165) is 36.9 Å². The largest absolute Gasteiger partial charge is 0.476 e. The fourth-order valence-electron chi connectivity index (χ4n) is 2.55. The molecule has 2 aromatic heterocycles. The molecule has 3 rings (SSSR count). The lowest BCUT2D eigenvalue weighted by molar-refractivity contribution is 0.216. The predicted molar refractivity (Wildman–Crippen MR) is 93.7 cm³/mol. The fraction of sp³-hybridized carbons (Fsp3) is 0.562. The first-order valence-electron chi connectivity index (χ1n) is 7.95. The SMILES string of the molecule is CC(C)c1nsc(N2CCC(COc3ncccc3Cl)CC2)n1. The van der Waals surface area contributed by atoms with E-state index in [1.54, 1.807) is 18.3 Å². The van der Waals surface area contributed by atoms with E-state index in [1.165, 1.54) is 11.5 Å². The van der Waals surface area contributed by atoms with Crippen molar-refractivity contribution in [1.29, 1.82) is 0 Å². The molecule has 5 nitrogen and oxygen atoms in total. The number of piperidine rings is 1. The molecule has 0 N–H and O–H groups in total. The van der Waals surface area contributed by atoms with Gasteiger partial charge in [0.25, 0.3) is 0 Å². The molecule has 7 heteroatoms. The van der Waals surface area contributed by atoms with Gasteiger partial charge in [0, 0.05) is 36.7 Å². The van der Waals surface area contributed by atoms with Gasteiger partial charge in [-0.05, 0) is 30.9 Å². The summed E-state index contributed by atoms with van der Waals surface area (Å²) < 4.78 is 10.2. The number of aromatic nitrogens is 3. The number of hydrogen-bond donors (Lipinski definition) is 0. The topological polar surface area (TPSA) is 51.1 Å². The molecule has 0 unspecified atom stereocenters. The Morgan fingerprint density at radius 3 is 2.83 bits per heavy atom. The number of rotatable bonds is 5. The van der Waals surface area contributed by atoms with Gasteiger partial charge in [-0.3, -0.25) is 0 Å². The summed E-state index contributed by atoms with van der Waals surface area (Å²) in [5.74, 6) is 2.39. The maximum atomic E-state index is 6.06. The van der Waals surface area contributed by atoms with Crippen LogP contribution in [-0.4, -0.2) is 34.0 Å². The zero-order chi connectivity index (χ0) is 16.2. The molecule has 0 aromatic carbocycles. The zero-order valence-electron chi connectivity index (χ0n) is 13.4. The summed E-state index contributed by atoms with van der Waals surface area (Å²) >= 11 is 7.57. The highest BCUT2D eigenvalue weighted by molar-refractivity contribution is 7.09. The van der Waals surface area contributed by atoms with Crippen molar-refractivity contribution in [3.63, 3.8) is 0 Å². The van der Waals surface area contributed by atoms with Crippen LogP contribution < -0.4 is 9.64 Å². The zero-order valence-corrected chi connectivity index (χ0v) is 15.0. The Bertz CT molecular complexity index is 641. The molecule has 0 spiro atoms. The molecule has 0 amide bonds. The first-order valence-corrected chi connectivity index (χ1v) is 9.10. The van der Waals surface area contributed by atoms with Crippen LogP contribution in [0.5, 0.6) is 5.88 Å². The second kappa shape index (κ2) is 7.45. The van der Waals surface area contributed by atoms with Crippen LogP contribution in [0.15, 0.2) is 18.3 Å². The summed E-state index contributed by atoms with van der Waals surface area (Å²) in [5, 5.41) is 1.61. The molecule has 0 radical (unpaired) electrons. The molecule has 0 bridgehead atoms. The van der Waals surface area contributed by atoms with Gasteiger partial charge < -0.3 is 9.64 Å². The number of halogens is 1. The normalized spacial score (nSPS) is 16.1. The van der Waals surface area contributed by atoms with E-state index in [9.17, 15) is 0 Å². The quantitative estimate of drug-likeness (QED) is 0.813. The molecule has 23 heavy (non-hydrogen) atoms. The van der Waals surface area contributed by atoms with Gasteiger partial charge in [0.15, 0.2) is 0 Å². The molecule has 0 aliphatic carbocycles. The summed E-state index contributed by atoms with van der Waals surface area (Å²) in [6.45, 7) is 6.90. The van der Waals surface area contributed by atoms with Gasteiger partial charge in [0.2, 0.25) is 11.0 Å². The molecule has 2 aromatic rings. The summed E-state index contributed by atoms with van der Waals surface area (Å²) in [6, 6.07) is 3.61. The predicted octanol–water partition coefficient (Wildman–Crippen LogP) is 4.01. The Balaban J connectivity index is 1.49. The Morgan fingerprint density at radius 1 is 1.39 bits per heavy atom. The highest BCUT2D eigenvalue weighted by atomic mass is 35.5. The van der Waals surface area contributed by atoms with Gasteiger partial charge in [-0.1, -0.05) is 25.4 Å². The molecular weight excluding hydrogens is 332 g/mol. The Kier molecular flexibility index (Phi) is 5.33. The summed E-state index contributed by atoms with van der Waals surface area (Å²) in [5.41, 5.74) is 0. The second-order valence-electron chi connectivity index (χ2n) is 6.12. The Labute approximate surface area is 145 Å². The van der Waals surface area contributed by atoms with E-state index in [1.807, 2.05) is 0 Å². The number of ether oxygens (including phenoxy) is 1. The average molecular weight is 353 g/mol. The van der Waals surface area contributed by atoms with E-state index in [2.05, 4.69) is 33.1 Å². The van der Waals surface area contributed by atoms with Crippen molar-refractivity contribution in [3.8, 4) is 5.88 Å². The second-order valence-corrected chi connectivity index (χ2v) is 7.26. The van der Waals surface area contributed by atoms with Gasteiger partial charge in [-0.25, -0.2) is 9.97 Å². The molecule has 0 atom stereocenters. The minimum absolute atomic E-state index is 0.383. The Morgan fingerprint density at radius 2 is 2.17 bits per heavy atom. The minimum Gasteiger partial charge on any atom is -0.476 e. The van der Waals surface area contributed by atoms with Crippen LogP contribution in [0.25, 0.3) is 0 Å². The lowest BCUT2D eigenvalue weighted by atomic mass is 9.98. The molecule has 1 fully saturated rings. The smallest absolute Gasteiger partial charge is 0.232 e. The molecule has 1 saturated heterocycles. The maximum absolute atomic E-state index is 6.06. The van der Waals surface area contributed by atoms with Crippen LogP contribution in [-0.2, 0) is 0 Å². The van der Waals surface area contributed by atoms with E-state index in [4.69, 9.17) is 16.3 Å².